The number of carbonyl (C=O) groups excluding carboxylic acids is 1. The summed E-state index contributed by atoms with van der Waals surface area (Å²) < 4.78 is 51.8. The molecule has 32 heavy (non-hydrogen) atoms. The van der Waals surface area contributed by atoms with E-state index in [1.165, 1.54) is 11.0 Å². The summed E-state index contributed by atoms with van der Waals surface area (Å²) in [6, 6.07) is 13.3. The van der Waals surface area contributed by atoms with Crippen LogP contribution in [0.5, 0.6) is 11.5 Å². The standard InChI is InChI=1S/C22H17F3N4O3/c23-22(24,25)21-27-26-20-19(15-4-2-1-3-5-15)28(10-11-29(20)21)18(30)9-7-14-6-8-16-17(12-14)32-13-31-16/h1-9,12,19H,10-11,13H2/b9-7+. The third-order valence-electron chi connectivity index (χ3n) is 5.37. The van der Waals surface area contributed by atoms with E-state index < -0.39 is 18.0 Å². The van der Waals surface area contributed by atoms with Gasteiger partial charge in [-0.2, -0.15) is 13.2 Å². The highest BCUT2D eigenvalue weighted by Crippen LogP contribution is 2.36. The van der Waals surface area contributed by atoms with Crippen molar-refractivity contribution < 1.29 is 27.4 Å². The molecule has 164 valence electrons. The fraction of sp³-hybridized carbons (Fsp3) is 0.227. The molecule has 0 bridgehead atoms. The van der Waals surface area contributed by atoms with E-state index in [4.69, 9.17) is 9.47 Å². The van der Waals surface area contributed by atoms with Crippen LogP contribution >= 0.6 is 0 Å². The lowest BCUT2D eigenvalue weighted by Crippen LogP contribution is -2.42. The van der Waals surface area contributed by atoms with Gasteiger partial charge in [0, 0.05) is 19.2 Å². The van der Waals surface area contributed by atoms with Gasteiger partial charge < -0.3 is 18.9 Å². The third kappa shape index (κ3) is 3.57. The maximum absolute atomic E-state index is 13.4. The Morgan fingerprint density at radius 2 is 1.81 bits per heavy atom. The summed E-state index contributed by atoms with van der Waals surface area (Å²) in [6.07, 6.45) is -1.60. The maximum Gasteiger partial charge on any atom is 0.451 e. The number of hydrogen-bond acceptors (Lipinski definition) is 5. The van der Waals surface area contributed by atoms with Gasteiger partial charge in [-0.3, -0.25) is 4.79 Å². The Labute approximate surface area is 180 Å². The molecular formula is C22H17F3N4O3. The molecule has 2 aromatic carbocycles. The van der Waals surface area contributed by atoms with Crippen LogP contribution in [0.3, 0.4) is 0 Å². The summed E-state index contributed by atoms with van der Waals surface area (Å²) in [5.41, 5.74) is 1.39. The number of carbonyl (C=O) groups is 1. The summed E-state index contributed by atoms with van der Waals surface area (Å²) in [4.78, 5) is 14.6. The molecule has 2 aliphatic heterocycles. The van der Waals surface area contributed by atoms with Gasteiger partial charge in [0.15, 0.2) is 17.3 Å². The van der Waals surface area contributed by atoms with Crippen molar-refractivity contribution in [3.63, 3.8) is 0 Å². The van der Waals surface area contributed by atoms with E-state index in [-0.39, 0.29) is 31.6 Å². The molecule has 1 atom stereocenters. The Hall–Kier alpha value is -3.82. The quantitative estimate of drug-likeness (QED) is 0.579. The number of benzene rings is 2. The van der Waals surface area contributed by atoms with Crippen LogP contribution < -0.4 is 9.47 Å². The molecule has 0 radical (unpaired) electrons. The molecule has 0 saturated heterocycles. The lowest BCUT2D eigenvalue weighted by Gasteiger charge is -2.35. The molecule has 1 aromatic heterocycles. The normalized spacial score (nSPS) is 17.6. The number of amides is 1. The third-order valence-corrected chi connectivity index (χ3v) is 5.37. The first-order chi connectivity index (χ1) is 15.4. The van der Waals surface area contributed by atoms with Crippen LogP contribution in [0.1, 0.15) is 28.8 Å². The molecule has 0 aliphatic carbocycles. The van der Waals surface area contributed by atoms with Crippen molar-refractivity contribution in [1.29, 1.82) is 0 Å². The van der Waals surface area contributed by atoms with Gasteiger partial charge in [-0.05, 0) is 29.3 Å². The van der Waals surface area contributed by atoms with E-state index in [2.05, 4.69) is 10.2 Å². The topological polar surface area (TPSA) is 69.5 Å². The summed E-state index contributed by atoms with van der Waals surface area (Å²) in [6.45, 7) is 0.177. The number of fused-ring (bicyclic) bond motifs is 2. The first-order valence-electron chi connectivity index (χ1n) is 9.85. The largest absolute Gasteiger partial charge is 0.454 e. The summed E-state index contributed by atoms with van der Waals surface area (Å²) in [7, 11) is 0. The number of ether oxygens (including phenoxy) is 2. The molecule has 3 aromatic rings. The average molecular weight is 442 g/mol. The fourth-order valence-electron chi connectivity index (χ4n) is 3.91. The number of hydrogen-bond donors (Lipinski definition) is 0. The van der Waals surface area contributed by atoms with E-state index in [0.29, 0.717) is 17.1 Å². The molecule has 0 fully saturated rings. The van der Waals surface area contributed by atoms with E-state index in [1.54, 1.807) is 54.6 Å². The molecule has 1 unspecified atom stereocenters. The minimum absolute atomic E-state index is 0.0515. The SMILES string of the molecule is O=C(/C=C/c1ccc2c(c1)OCO2)N1CCn2c(nnc2C(F)(F)F)C1c1ccccc1. The minimum atomic E-state index is -4.63. The van der Waals surface area contributed by atoms with Gasteiger partial charge in [0.25, 0.3) is 0 Å². The molecule has 3 heterocycles. The summed E-state index contributed by atoms with van der Waals surface area (Å²) >= 11 is 0. The zero-order valence-corrected chi connectivity index (χ0v) is 16.6. The molecule has 2 aliphatic rings. The van der Waals surface area contributed by atoms with Crippen molar-refractivity contribution in [3.8, 4) is 11.5 Å². The second-order valence-corrected chi connectivity index (χ2v) is 7.32. The van der Waals surface area contributed by atoms with Crippen LogP contribution in [0.25, 0.3) is 6.08 Å². The molecule has 0 N–H and O–H groups in total. The van der Waals surface area contributed by atoms with Crippen LogP contribution in [0.4, 0.5) is 13.2 Å². The Morgan fingerprint density at radius 3 is 2.59 bits per heavy atom. The van der Waals surface area contributed by atoms with E-state index >= 15 is 0 Å². The van der Waals surface area contributed by atoms with Crippen molar-refractivity contribution >= 4 is 12.0 Å². The molecule has 0 saturated carbocycles. The van der Waals surface area contributed by atoms with Crippen LogP contribution in [-0.2, 0) is 17.5 Å². The minimum Gasteiger partial charge on any atom is -0.454 e. The molecule has 1 amide bonds. The van der Waals surface area contributed by atoms with Crippen molar-refractivity contribution in [2.24, 2.45) is 0 Å². The fourth-order valence-corrected chi connectivity index (χ4v) is 3.91. The Kier molecular flexibility index (Phi) is 4.84. The smallest absolute Gasteiger partial charge is 0.451 e. The lowest BCUT2D eigenvalue weighted by molar-refractivity contribution is -0.148. The molecular weight excluding hydrogens is 425 g/mol. The van der Waals surface area contributed by atoms with Gasteiger partial charge in [-0.15, -0.1) is 10.2 Å². The number of halogens is 3. The molecule has 0 spiro atoms. The highest BCUT2D eigenvalue weighted by Gasteiger charge is 2.43. The second kappa shape index (κ2) is 7.70. The Morgan fingerprint density at radius 1 is 1.03 bits per heavy atom. The highest BCUT2D eigenvalue weighted by atomic mass is 19.4. The Balaban J connectivity index is 1.47. The Bertz CT molecular complexity index is 1190. The van der Waals surface area contributed by atoms with E-state index in [9.17, 15) is 18.0 Å². The van der Waals surface area contributed by atoms with E-state index in [1.807, 2.05) is 0 Å². The number of aromatic nitrogens is 3. The van der Waals surface area contributed by atoms with Gasteiger partial charge in [0.2, 0.25) is 18.5 Å². The molecule has 5 rings (SSSR count). The first-order valence-corrected chi connectivity index (χ1v) is 9.85. The van der Waals surface area contributed by atoms with Gasteiger partial charge in [-0.1, -0.05) is 36.4 Å². The van der Waals surface area contributed by atoms with Crippen LogP contribution in [-0.4, -0.2) is 38.9 Å². The lowest BCUT2D eigenvalue weighted by atomic mass is 10.0. The number of nitrogens with zero attached hydrogens (tertiary/aromatic N) is 4. The zero-order valence-electron chi connectivity index (χ0n) is 16.6. The van der Waals surface area contributed by atoms with Gasteiger partial charge in [0.1, 0.15) is 6.04 Å². The van der Waals surface area contributed by atoms with Crippen molar-refractivity contribution in [3.05, 3.63) is 77.4 Å². The summed E-state index contributed by atoms with van der Waals surface area (Å²) in [5, 5.41) is 7.19. The maximum atomic E-state index is 13.4. The van der Waals surface area contributed by atoms with Crippen molar-refractivity contribution in [1.82, 2.24) is 19.7 Å². The number of alkyl halides is 3. The summed E-state index contributed by atoms with van der Waals surface area (Å²) in [5.74, 6) is -0.101. The second-order valence-electron chi connectivity index (χ2n) is 7.32. The van der Waals surface area contributed by atoms with Gasteiger partial charge >= 0.3 is 6.18 Å². The van der Waals surface area contributed by atoms with Crippen LogP contribution in [0.15, 0.2) is 54.6 Å². The van der Waals surface area contributed by atoms with Crippen LogP contribution in [0, 0.1) is 0 Å². The van der Waals surface area contributed by atoms with Crippen molar-refractivity contribution in [2.75, 3.05) is 13.3 Å². The first kappa shape index (κ1) is 20.1. The van der Waals surface area contributed by atoms with Crippen LogP contribution in [0.2, 0.25) is 0 Å². The van der Waals surface area contributed by atoms with E-state index in [0.717, 1.165) is 10.1 Å². The van der Waals surface area contributed by atoms with Gasteiger partial charge in [-0.25, -0.2) is 0 Å². The predicted octanol–water partition coefficient (Wildman–Crippen LogP) is 3.67. The van der Waals surface area contributed by atoms with Crippen molar-refractivity contribution in [2.45, 2.75) is 18.8 Å². The number of rotatable bonds is 3. The highest BCUT2D eigenvalue weighted by molar-refractivity contribution is 5.92. The molecule has 10 heteroatoms. The average Bonchev–Trinajstić information content (AvgIpc) is 3.43. The monoisotopic (exact) mass is 442 g/mol. The predicted molar refractivity (Wildman–Crippen MR) is 107 cm³/mol. The van der Waals surface area contributed by atoms with Gasteiger partial charge in [0.05, 0.1) is 0 Å². The molecule has 7 nitrogen and oxygen atoms in total. The zero-order chi connectivity index (χ0) is 22.3.